The minimum atomic E-state index is -0.0329. The molecule has 0 saturated heterocycles. The van der Waals surface area contributed by atoms with Crippen molar-refractivity contribution in [1.29, 1.82) is 0 Å². The number of benzene rings is 1. The lowest BCUT2D eigenvalue weighted by atomic mass is 10.2. The summed E-state index contributed by atoms with van der Waals surface area (Å²) in [6.07, 6.45) is 2.62. The number of thiazole rings is 1. The highest BCUT2D eigenvalue weighted by Crippen LogP contribution is 2.17. The molecule has 0 fully saturated rings. The number of hydrogen-bond donors (Lipinski definition) is 1. The first-order chi connectivity index (χ1) is 8.24. The quantitative estimate of drug-likeness (QED) is 0.907. The highest BCUT2D eigenvalue weighted by atomic mass is 35.5. The van der Waals surface area contributed by atoms with E-state index in [4.69, 9.17) is 22.1 Å². The normalized spacial score (nSPS) is 12.4. The minimum Gasteiger partial charge on any atom is -0.492 e. The molecule has 1 heterocycles. The molecule has 0 bridgehead atoms. The topological polar surface area (TPSA) is 48.1 Å². The summed E-state index contributed by atoms with van der Waals surface area (Å²) in [6, 6.07) is 7.28. The molecule has 0 aliphatic carbocycles. The molecule has 0 aliphatic rings. The maximum atomic E-state index is 5.97. The van der Waals surface area contributed by atoms with Crippen LogP contribution >= 0.6 is 22.9 Å². The molecule has 0 aliphatic heterocycles. The third-order valence-corrected chi connectivity index (χ3v) is 3.24. The molecule has 2 N–H and O–H groups in total. The van der Waals surface area contributed by atoms with Crippen molar-refractivity contribution in [2.45, 2.75) is 12.5 Å². The Labute approximate surface area is 109 Å². The van der Waals surface area contributed by atoms with E-state index in [2.05, 4.69) is 4.98 Å². The molecular formula is C12H13ClN2OS. The van der Waals surface area contributed by atoms with E-state index in [9.17, 15) is 0 Å². The molecule has 0 amide bonds. The number of nitrogens with two attached hydrogens (primary N) is 1. The number of nitrogens with zero attached hydrogens (tertiary/aromatic N) is 1. The Balaban J connectivity index is 1.82. The zero-order chi connectivity index (χ0) is 12.1. The van der Waals surface area contributed by atoms with Crippen LogP contribution in [-0.2, 0) is 6.42 Å². The molecule has 17 heavy (non-hydrogen) atoms. The molecule has 1 unspecified atom stereocenters. The summed E-state index contributed by atoms with van der Waals surface area (Å²) in [7, 11) is 0. The van der Waals surface area contributed by atoms with Gasteiger partial charge in [-0.05, 0) is 18.2 Å². The van der Waals surface area contributed by atoms with Crippen LogP contribution in [0.25, 0.3) is 0 Å². The van der Waals surface area contributed by atoms with E-state index in [1.165, 1.54) is 4.88 Å². The van der Waals surface area contributed by atoms with E-state index in [1.54, 1.807) is 22.9 Å². The van der Waals surface area contributed by atoms with Crippen molar-refractivity contribution in [3.05, 3.63) is 45.9 Å². The maximum absolute atomic E-state index is 5.97. The molecule has 2 aromatic rings. The Hall–Kier alpha value is -1.10. The molecule has 90 valence electrons. The van der Waals surface area contributed by atoms with Gasteiger partial charge in [0.2, 0.25) is 0 Å². The van der Waals surface area contributed by atoms with Crippen molar-refractivity contribution in [3.63, 3.8) is 0 Å². The molecule has 3 nitrogen and oxygen atoms in total. The van der Waals surface area contributed by atoms with Gasteiger partial charge in [-0.25, -0.2) is 0 Å². The lowest BCUT2D eigenvalue weighted by Gasteiger charge is -2.12. The second kappa shape index (κ2) is 6.00. The van der Waals surface area contributed by atoms with Crippen LogP contribution in [0.15, 0.2) is 36.0 Å². The monoisotopic (exact) mass is 268 g/mol. The zero-order valence-electron chi connectivity index (χ0n) is 9.17. The molecule has 5 heteroatoms. The van der Waals surface area contributed by atoms with Gasteiger partial charge in [0.25, 0.3) is 0 Å². The fraction of sp³-hybridized carbons (Fsp3) is 0.250. The number of aromatic nitrogens is 1. The minimum absolute atomic E-state index is 0.0329. The van der Waals surface area contributed by atoms with Crippen LogP contribution in [0.2, 0.25) is 5.02 Å². The molecule has 2 rings (SSSR count). The summed E-state index contributed by atoms with van der Waals surface area (Å²) in [4.78, 5) is 5.18. The van der Waals surface area contributed by atoms with Gasteiger partial charge in [-0.2, -0.15) is 0 Å². The molecule has 0 saturated carbocycles. The van der Waals surface area contributed by atoms with Crippen molar-refractivity contribution in [3.8, 4) is 5.75 Å². The van der Waals surface area contributed by atoms with Gasteiger partial charge in [0, 0.05) is 28.6 Å². The van der Waals surface area contributed by atoms with Gasteiger partial charge in [-0.3, -0.25) is 4.98 Å². The van der Waals surface area contributed by atoms with Crippen LogP contribution in [0, 0.1) is 0 Å². The van der Waals surface area contributed by atoms with Gasteiger partial charge >= 0.3 is 0 Å². The first-order valence-electron chi connectivity index (χ1n) is 5.25. The Bertz CT molecular complexity index is 461. The van der Waals surface area contributed by atoms with Crippen molar-refractivity contribution in [2.75, 3.05) is 6.61 Å². The summed E-state index contributed by atoms with van der Waals surface area (Å²) < 4.78 is 5.57. The molecular weight excluding hydrogens is 256 g/mol. The van der Waals surface area contributed by atoms with Gasteiger partial charge in [0.05, 0.1) is 5.51 Å². The van der Waals surface area contributed by atoms with Gasteiger partial charge in [0.15, 0.2) is 0 Å². The molecule has 1 atom stereocenters. The zero-order valence-corrected chi connectivity index (χ0v) is 10.7. The van der Waals surface area contributed by atoms with E-state index in [1.807, 2.05) is 24.4 Å². The number of halogens is 1. The highest BCUT2D eigenvalue weighted by Gasteiger charge is 2.06. The number of rotatable bonds is 5. The molecule has 1 aromatic heterocycles. The van der Waals surface area contributed by atoms with Crippen LogP contribution in [-0.4, -0.2) is 17.6 Å². The second-order valence-corrected chi connectivity index (χ2v) is 5.11. The van der Waals surface area contributed by atoms with E-state index in [-0.39, 0.29) is 6.04 Å². The fourth-order valence-corrected chi connectivity index (χ4v) is 2.29. The van der Waals surface area contributed by atoms with Crippen molar-refractivity contribution < 1.29 is 4.74 Å². The lowest BCUT2D eigenvalue weighted by Crippen LogP contribution is -2.29. The largest absolute Gasteiger partial charge is 0.492 e. The van der Waals surface area contributed by atoms with Gasteiger partial charge in [0.1, 0.15) is 12.4 Å². The van der Waals surface area contributed by atoms with Gasteiger partial charge < -0.3 is 10.5 Å². The summed E-state index contributed by atoms with van der Waals surface area (Å²) in [5.41, 5.74) is 7.78. The SMILES string of the molecule is NC(COc1cccc(Cl)c1)Cc1cncs1. The predicted octanol–water partition coefficient (Wildman–Crippen LogP) is 2.75. The smallest absolute Gasteiger partial charge is 0.120 e. The van der Waals surface area contributed by atoms with Crippen LogP contribution in [0.3, 0.4) is 0 Å². The summed E-state index contributed by atoms with van der Waals surface area (Å²) in [6.45, 7) is 0.470. The summed E-state index contributed by atoms with van der Waals surface area (Å²) >= 11 is 7.47. The third-order valence-electron chi connectivity index (χ3n) is 2.21. The van der Waals surface area contributed by atoms with E-state index in [0.717, 1.165) is 12.2 Å². The first-order valence-corrected chi connectivity index (χ1v) is 6.51. The highest BCUT2D eigenvalue weighted by molar-refractivity contribution is 7.09. The molecule has 0 radical (unpaired) electrons. The van der Waals surface area contributed by atoms with Gasteiger partial charge in [-0.15, -0.1) is 11.3 Å². The number of hydrogen-bond acceptors (Lipinski definition) is 4. The molecule has 1 aromatic carbocycles. The lowest BCUT2D eigenvalue weighted by molar-refractivity contribution is 0.288. The van der Waals surface area contributed by atoms with E-state index < -0.39 is 0 Å². The van der Waals surface area contributed by atoms with Crippen LogP contribution in [0.4, 0.5) is 0 Å². The predicted molar refractivity (Wildman–Crippen MR) is 70.7 cm³/mol. The van der Waals surface area contributed by atoms with Crippen LogP contribution in [0.5, 0.6) is 5.75 Å². The third kappa shape index (κ3) is 4.00. The summed E-state index contributed by atoms with van der Waals surface area (Å²) in [5, 5.41) is 0.665. The van der Waals surface area contributed by atoms with E-state index in [0.29, 0.717) is 11.6 Å². The summed E-state index contributed by atoms with van der Waals surface area (Å²) in [5.74, 6) is 0.747. The van der Waals surface area contributed by atoms with Crippen molar-refractivity contribution in [2.24, 2.45) is 5.73 Å². The van der Waals surface area contributed by atoms with Crippen molar-refractivity contribution >= 4 is 22.9 Å². The first kappa shape index (κ1) is 12.4. The Morgan fingerprint density at radius 1 is 1.47 bits per heavy atom. The fourth-order valence-electron chi connectivity index (χ4n) is 1.42. The standard InChI is InChI=1S/C12H13ClN2OS/c13-9-2-1-3-11(4-9)16-7-10(14)5-12-6-15-8-17-12/h1-4,6,8,10H,5,7,14H2. The average Bonchev–Trinajstić information content (AvgIpc) is 2.79. The van der Waals surface area contributed by atoms with Gasteiger partial charge in [-0.1, -0.05) is 17.7 Å². The van der Waals surface area contributed by atoms with Crippen LogP contribution < -0.4 is 10.5 Å². The van der Waals surface area contributed by atoms with Crippen LogP contribution in [0.1, 0.15) is 4.88 Å². The Morgan fingerprint density at radius 3 is 3.06 bits per heavy atom. The second-order valence-electron chi connectivity index (χ2n) is 3.70. The molecule has 0 spiro atoms. The number of ether oxygens (including phenoxy) is 1. The maximum Gasteiger partial charge on any atom is 0.120 e. The van der Waals surface area contributed by atoms with Crippen molar-refractivity contribution in [1.82, 2.24) is 4.98 Å². The average molecular weight is 269 g/mol. The Kier molecular flexibility index (Phi) is 4.36. The van der Waals surface area contributed by atoms with E-state index >= 15 is 0 Å². The Morgan fingerprint density at radius 2 is 2.35 bits per heavy atom.